The minimum absolute atomic E-state index is 0.216. The molecule has 8 heteroatoms. The van der Waals surface area contributed by atoms with Crippen molar-refractivity contribution in [2.24, 2.45) is 5.10 Å². The van der Waals surface area contributed by atoms with Crippen molar-refractivity contribution >= 4 is 28.3 Å². The van der Waals surface area contributed by atoms with E-state index in [0.29, 0.717) is 16.5 Å². The second-order valence-electron chi connectivity index (χ2n) is 6.88. The number of hydrazone groups is 1. The second-order valence-corrected chi connectivity index (χ2v) is 7.83. The molecule has 1 heterocycles. The smallest absolute Gasteiger partial charge is 0.202 e. The van der Waals surface area contributed by atoms with E-state index in [1.54, 1.807) is 4.57 Å². The first-order valence-electron chi connectivity index (χ1n) is 9.95. The van der Waals surface area contributed by atoms with Crippen LogP contribution >= 0.6 is 11.8 Å². The van der Waals surface area contributed by atoms with Crippen LogP contribution in [0.1, 0.15) is 24.4 Å². The molecule has 3 aromatic carbocycles. The molecule has 0 spiro atoms. The van der Waals surface area contributed by atoms with Crippen LogP contribution in [0.2, 0.25) is 0 Å². The van der Waals surface area contributed by atoms with Crippen molar-refractivity contribution in [2.75, 3.05) is 5.43 Å². The highest BCUT2D eigenvalue weighted by Gasteiger charge is 2.24. The Morgan fingerprint density at radius 2 is 1.53 bits per heavy atom. The number of Topliss-reactive ketones (excluding diaryl/α,β-unsaturated/α-hetero) is 1. The third-order valence-electron chi connectivity index (χ3n) is 4.58. The van der Waals surface area contributed by atoms with Gasteiger partial charge >= 0.3 is 0 Å². The van der Waals surface area contributed by atoms with Gasteiger partial charge in [-0.2, -0.15) is 5.10 Å². The summed E-state index contributed by atoms with van der Waals surface area (Å²) < 4.78 is 1.74. The van der Waals surface area contributed by atoms with Crippen LogP contribution in [-0.2, 0) is 4.79 Å². The Balaban J connectivity index is 1.71. The van der Waals surface area contributed by atoms with E-state index in [-0.39, 0.29) is 10.8 Å². The van der Waals surface area contributed by atoms with Crippen molar-refractivity contribution in [3.63, 3.8) is 0 Å². The summed E-state index contributed by atoms with van der Waals surface area (Å²) in [6.45, 7) is 1.45. The number of nitrogens with zero attached hydrogens (tertiary/aromatic N) is 4. The predicted molar refractivity (Wildman–Crippen MR) is 126 cm³/mol. The molecule has 1 unspecified atom stereocenters. The quantitative estimate of drug-likeness (QED) is 0.190. The predicted octanol–water partition coefficient (Wildman–Crippen LogP) is 4.46. The number of benzene rings is 3. The minimum Gasteiger partial charge on any atom is -0.380 e. The average molecular weight is 444 g/mol. The molecule has 32 heavy (non-hydrogen) atoms. The van der Waals surface area contributed by atoms with Gasteiger partial charge in [0.25, 0.3) is 0 Å². The Labute approximate surface area is 189 Å². The number of aliphatic hydroxyl groups is 1. The lowest BCUT2D eigenvalue weighted by Crippen LogP contribution is -2.12. The molecule has 4 rings (SSSR count). The van der Waals surface area contributed by atoms with E-state index >= 15 is 0 Å². The van der Waals surface area contributed by atoms with Gasteiger partial charge in [-0.3, -0.25) is 14.8 Å². The summed E-state index contributed by atoms with van der Waals surface area (Å²) in [5, 5.41) is 24.4. The first-order chi connectivity index (χ1) is 15.6. The van der Waals surface area contributed by atoms with Gasteiger partial charge in [-0.1, -0.05) is 66.7 Å². The number of aliphatic hydroxyl groups excluding tert-OH is 1. The van der Waals surface area contributed by atoms with Crippen molar-refractivity contribution in [2.45, 2.75) is 18.2 Å². The Morgan fingerprint density at radius 3 is 2.16 bits per heavy atom. The number of carbonyl (C=O) groups excluding carboxylic acids is 1. The highest BCUT2D eigenvalue weighted by atomic mass is 32.2. The van der Waals surface area contributed by atoms with E-state index < -0.39 is 6.10 Å². The monoisotopic (exact) mass is 443 g/mol. The van der Waals surface area contributed by atoms with Gasteiger partial charge in [0.15, 0.2) is 16.7 Å². The SMILES string of the molecule is CC(=O)C(=NNc1ccccc1)Sc1nnc(C(O)c2ccccc2)n1-c1ccccc1. The van der Waals surface area contributed by atoms with Crippen molar-refractivity contribution in [1.29, 1.82) is 0 Å². The Bertz CT molecular complexity index is 1210. The number of aromatic nitrogens is 3. The minimum atomic E-state index is -0.988. The molecule has 1 atom stereocenters. The third kappa shape index (κ3) is 4.93. The number of carbonyl (C=O) groups is 1. The molecule has 160 valence electrons. The van der Waals surface area contributed by atoms with Crippen LogP contribution in [0.4, 0.5) is 5.69 Å². The van der Waals surface area contributed by atoms with Crippen molar-refractivity contribution in [1.82, 2.24) is 14.8 Å². The lowest BCUT2D eigenvalue weighted by molar-refractivity contribution is -0.110. The lowest BCUT2D eigenvalue weighted by atomic mass is 10.1. The Hall–Kier alpha value is -3.75. The molecule has 0 aliphatic heterocycles. The molecule has 0 bridgehead atoms. The fraction of sp³-hybridized carbons (Fsp3) is 0.0833. The third-order valence-corrected chi connectivity index (χ3v) is 5.60. The van der Waals surface area contributed by atoms with E-state index in [4.69, 9.17) is 0 Å². The first-order valence-corrected chi connectivity index (χ1v) is 10.8. The number of para-hydroxylation sites is 2. The van der Waals surface area contributed by atoms with Crippen molar-refractivity contribution in [3.8, 4) is 5.69 Å². The van der Waals surface area contributed by atoms with Gasteiger partial charge in [0, 0.05) is 12.6 Å². The van der Waals surface area contributed by atoms with Crippen LogP contribution in [-0.4, -0.2) is 30.7 Å². The number of rotatable bonds is 7. The molecule has 0 aliphatic carbocycles. The first kappa shape index (κ1) is 21.5. The second kappa shape index (κ2) is 10.0. The molecule has 1 aromatic heterocycles. The summed E-state index contributed by atoms with van der Waals surface area (Å²) in [7, 11) is 0. The van der Waals surface area contributed by atoms with Crippen LogP contribution in [0, 0.1) is 0 Å². The number of hydrogen-bond donors (Lipinski definition) is 2. The summed E-state index contributed by atoms with van der Waals surface area (Å²) in [6.07, 6.45) is -0.988. The number of ketones is 1. The largest absolute Gasteiger partial charge is 0.380 e. The standard InChI is InChI=1S/C24H21N5O2S/c1-17(30)23(27-25-19-13-7-3-8-14-19)32-24-28-26-22(21(31)18-11-5-2-6-12-18)29(24)20-15-9-4-10-16-20/h2-16,21,25,31H,1H3. The van der Waals surface area contributed by atoms with Crippen LogP contribution in [0.25, 0.3) is 5.69 Å². The van der Waals surface area contributed by atoms with Gasteiger partial charge in [0.1, 0.15) is 6.10 Å². The maximum Gasteiger partial charge on any atom is 0.202 e. The van der Waals surface area contributed by atoms with Crippen LogP contribution < -0.4 is 5.43 Å². The molecule has 2 N–H and O–H groups in total. The zero-order valence-electron chi connectivity index (χ0n) is 17.3. The van der Waals surface area contributed by atoms with Gasteiger partial charge < -0.3 is 5.11 Å². The molecule has 7 nitrogen and oxygen atoms in total. The molecular formula is C24H21N5O2S. The summed E-state index contributed by atoms with van der Waals surface area (Å²) in [6, 6.07) is 28.1. The fourth-order valence-corrected chi connectivity index (χ4v) is 3.80. The van der Waals surface area contributed by atoms with Gasteiger partial charge in [-0.05, 0) is 41.6 Å². The zero-order chi connectivity index (χ0) is 22.3. The zero-order valence-corrected chi connectivity index (χ0v) is 18.1. The maximum atomic E-state index is 12.3. The molecule has 0 aliphatic rings. The Morgan fingerprint density at radius 1 is 0.938 bits per heavy atom. The van der Waals surface area contributed by atoms with Gasteiger partial charge in [-0.15, -0.1) is 10.2 Å². The van der Waals surface area contributed by atoms with Gasteiger partial charge in [0.2, 0.25) is 5.16 Å². The molecule has 0 fully saturated rings. The van der Waals surface area contributed by atoms with Crippen LogP contribution in [0.3, 0.4) is 0 Å². The number of hydrogen-bond acceptors (Lipinski definition) is 7. The van der Waals surface area contributed by atoms with E-state index in [0.717, 1.165) is 23.1 Å². The maximum absolute atomic E-state index is 12.3. The van der Waals surface area contributed by atoms with Crippen LogP contribution in [0.5, 0.6) is 0 Å². The highest BCUT2D eigenvalue weighted by Crippen LogP contribution is 2.29. The lowest BCUT2D eigenvalue weighted by Gasteiger charge is -2.14. The summed E-state index contributed by atoms with van der Waals surface area (Å²) >= 11 is 1.09. The molecule has 0 amide bonds. The van der Waals surface area contributed by atoms with Gasteiger partial charge in [-0.25, -0.2) is 0 Å². The van der Waals surface area contributed by atoms with E-state index in [9.17, 15) is 9.90 Å². The molecular weight excluding hydrogens is 422 g/mol. The topological polar surface area (TPSA) is 92.4 Å². The summed E-state index contributed by atoms with van der Waals surface area (Å²) in [4.78, 5) is 12.3. The molecule has 0 radical (unpaired) electrons. The molecule has 0 saturated carbocycles. The van der Waals surface area contributed by atoms with E-state index in [2.05, 4.69) is 20.7 Å². The molecule has 4 aromatic rings. The summed E-state index contributed by atoms with van der Waals surface area (Å²) in [5.41, 5.74) is 5.12. The highest BCUT2D eigenvalue weighted by molar-refractivity contribution is 8.15. The van der Waals surface area contributed by atoms with Crippen molar-refractivity contribution in [3.05, 3.63) is 102 Å². The van der Waals surface area contributed by atoms with E-state index in [1.165, 1.54) is 6.92 Å². The fourth-order valence-electron chi connectivity index (χ4n) is 3.02. The average Bonchev–Trinajstić information content (AvgIpc) is 3.26. The van der Waals surface area contributed by atoms with Crippen LogP contribution in [0.15, 0.2) is 101 Å². The molecule has 0 saturated heterocycles. The Kier molecular flexibility index (Phi) is 6.74. The normalized spacial score (nSPS) is 12.4. The van der Waals surface area contributed by atoms with Crippen molar-refractivity contribution < 1.29 is 9.90 Å². The number of thioether (sulfide) groups is 1. The number of anilines is 1. The summed E-state index contributed by atoms with van der Waals surface area (Å²) in [5.74, 6) is 0.134. The number of nitrogens with one attached hydrogen (secondary N) is 1. The van der Waals surface area contributed by atoms with Gasteiger partial charge in [0.05, 0.1) is 5.69 Å². The van der Waals surface area contributed by atoms with E-state index in [1.807, 2.05) is 91.0 Å².